The zero-order chi connectivity index (χ0) is 18.5. The van der Waals surface area contributed by atoms with Gasteiger partial charge in [0.2, 0.25) is 0 Å². The topological polar surface area (TPSA) is 48.0 Å². The molecular formula is C23H24N2O. The summed E-state index contributed by atoms with van der Waals surface area (Å²) in [6.07, 6.45) is 7.29. The van der Waals surface area contributed by atoms with Crippen molar-refractivity contribution in [3.05, 3.63) is 94.6 Å². The number of rotatable bonds is 5. The van der Waals surface area contributed by atoms with E-state index in [1.807, 2.05) is 65.3 Å². The molecule has 3 heteroatoms. The van der Waals surface area contributed by atoms with E-state index in [1.165, 1.54) is 0 Å². The second-order valence-corrected chi connectivity index (χ2v) is 6.17. The second-order valence-electron chi connectivity index (χ2n) is 6.17. The van der Waals surface area contributed by atoms with Crippen LogP contribution < -0.4 is 11.3 Å². The van der Waals surface area contributed by atoms with Gasteiger partial charge in [0, 0.05) is 17.6 Å². The molecule has 0 spiro atoms. The maximum atomic E-state index is 13.5. The van der Waals surface area contributed by atoms with Gasteiger partial charge in [-0.2, -0.15) is 0 Å². The van der Waals surface area contributed by atoms with E-state index in [9.17, 15) is 4.79 Å². The first kappa shape index (κ1) is 17.7. The minimum Gasteiger partial charge on any atom is -0.404 e. The monoisotopic (exact) mass is 344 g/mol. The molecule has 0 saturated heterocycles. The van der Waals surface area contributed by atoms with Crippen molar-refractivity contribution in [2.75, 3.05) is 0 Å². The molecule has 0 aliphatic heterocycles. The Morgan fingerprint density at radius 1 is 1.08 bits per heavy atom. The molecule has 3 nitrogen and oxygen atoms in total. The van der Waals surface area contributed by atoms with E-state index in [1.54, 1.807) is 6.20 Å². The molecule has 26 heavy (non-hydrogen) atoms. The van der Waals surface area contributed by atoms with Crippen LogP contribution in [0.3, 0.4) is 0 Å². The third-order valence-electron chi connectivity index (χ3n) is 4.52. The number of hydrogen-bond acceptors (Lipinski definition) is 2. The highest BCUT2D eigenvalue weighted by molar-refractivity contribution is 5.95. The van der Waals surface area contributed by atoms with Crippen LogP contribution in [0.15, 0.2) is 77.7 Å². The van der Waals surface area contributed by atoms with Gasteiger partial charge in [-0.15, -0.1) is 0 Å². The number of hydrogen-bond donors (Lipinski definition) is 1. The van der Waals surface area contributed by atoms with Gasteiger partial charge in [-0.25, -0.2) is 0 Å². The summed E-state index contributed by atoms with van der Waals surface area (Å²) in [6, 6.07) is 17.8. The summed E-state index contributed by atoms with van der Waals surface area (Å²) in [5, 5.41) is 1.65. The Morgan fingerprint density at radius 3 is 2.50 bits per heavy atom. The van der Waals surface area contributed by atoms with Crippen LogP contribution in [0.4, 0.5) is 0 Å². The van der Waals surface area contributed by atoms with Gasteiger partial charge in [0.05, 0.1) is 5.39 Å². The largest absolute Gasteiger partial charge is 0.404 e. The first-order valence-electron chi connectivity index (χ1n) is 9.03. The van der Waals surface area contributed by atoms with Crippen molar-refractivity contribution in [1.29, 1.82) is 0 Å². The maximum Gasteiger partial charge on any atom is 0.263 e. The fourth-order valence-corrected chi connectivity index (χ4v) is 3.26. The van der Waals surface area contributed by atoms with E-state index >= 15 is 0 Å². The highest BCUT2D eigenvalue weighted by atomic mass is 16.1. The van der Waals surface area contributed by atoms with Crippen molar-refractivity contribution in [3.8, 4) is 5.69 Å². The number of fused-ring (bicyclic) bond motifs is 1. The molecule has 0 aliphatic carbocycles. The Hall–Kier alpha value is -3.07. The fraction of sp³-hybridized carbons (Fsp3) is 0.174. The quantitative estimate of drug-likeness (QED) is 0.675. The zero-order valence-corrected chi connectivity index (χ0v) is 15.3. The number of aryl methyl sites for hydroxylation is 1. The molecular weight excluding hydrogens is 320 g/mol. The van der Waals surface area contributed by atoms with Gasteiger partial charge in [0.1, 0.15) is 0 Å². The predicted molar refractivity (Wildman–Crippen MR) is 111 cm³/mol. The Labute approximate surface area is 154 Å². The van der Waals surface area contributed by atoms with Crippen LogP contribution in [0.25, 0.3) is 22.0 Å². The summed E-state index contributed by atoms with van der Waals surface area (Å²) in [5.41, 5.74) is 9.46. The van der Waals surface area contributed by atoms with Crippen LogP contribution in [-0.4, -0.2) is 4.57 Å². The zero-order valence-electron chi connectivity index (χ0n) is 15.3. The molecule has 0 atom stereocenters. The number of benzene rings is 2. The highest BCUT2D eigenvalue weighted by Crippen LogP contribution is 2.25. The van der Waals surface area contributed by atoms with Crippen molar-refractivity contribution < 1.29 is 0 Å². The summed E-state index contributed by atoms with van der Waals surface area (Å²) >= 11 is 0. The summed E-state index contributed by atoms with van der Waals surface area (Å²) in [6.45, 7) is 4.14. The van der Waals surface area contributed by atoms with Crippen LogP contribution in [-0.2, 0) is 6.42 Å². The summed E-state index contributed by atoms with van der Waals surface area (Å²) in [5.74, 6) is 0. The lowest BCUT2D eigenvalue weighted by atomic mass is 9.98. The Bertz CT molecular complexity index is 1030. The van der Waals surface area contributed by atoms with Gasteiger partial charge in [0.25, 0.3) is 5.56 Å². The Kier molecular flexibility index (Phi) is 5.37. The van der Waals surface area contributed by atoms with E-state index in [2.05, 4.69) is 19.9 Å². The van der Waals surface area contributed by atoms with E-state index in [4.69, 9.17) is 5.73 Å². The van der Waals surface area contributed by atoms with Gasteiger partial charge >= 0.3 is 0 Å². The Morgan fingerprint density at radius 2 is 1.85 bits per heavy atom. The third kappa shape index (κ3) is 3.21. The molecule has 132 valence electrons. The molecule has 2 aromatic carbocycles. The van der Waals surface area contributed by atoms with Crippen LogP contribution in [0.5, 0.6) is 0 Å². The molecule has 3 rings (SSSR count). The van der Waals surface area contributed by atoms with Gasteiger partial charge < -0.3 is 5.73 Å². The van der Waals surface area contributed by atoms with Crippen molar-refractivity contribution in [2.45, 2.75) is 26.7 Å². The number of pyridine rings is 1. The number of nitrogens with zero attached hydrogens (tertiary/aromatic N) is 1. The Balaban J connectivity index is 2.38. The molecule has 0 saturated carbocycles. The second kappa shape index (κ2) is 7.87. The molecule has 0 unspecified atom stereocenters. The normalized spacial score (nSPS) is 12.2. The first-order valence-corrected chi connectivity index (χ1v) is 9.03. The van der Waals surface area contributed by atoms with Crippen LogP contribution >= 0.6 is 0 Å². The minimum atomic E-state index is -0.00889. The number of nitrogens with two attached hydrogens (primary N) is 1. The molecule has 0 radical (unpaired) electrons. The molecule has 0 aliphatic rings. The fourth-order valence-electron chi connectivity index (χ4n) is 3.26. The summed E-state index contributed by atoms with van der Waals surface area (Å²) < 4.78 is 1.81. The molecule has 1 heterocycles. The lowest BCUT2D eigenvalue weighted by molar-refractivity contribution is 0.889. The standard InChI is InChI=1S/C23H24N2O/c1-3-5-10-18(16-24)21-14-9-11-17-15-19(4-2)25(23(26)22(17)21)20-12-7-6-8-13-20/h5-16H,3-4,24H2,1-2H3/b10-5-,18-16+. The molecule has 3 aromatic rings. The molecule has 2 N–H and O–H groups in total. The van der Waals surface area contributed by atoms with Gasteiger partial charge in [0.15, 0.2) is 0 Å². The lowest BCUT2D eigenvalue weighted by Crippen LogP contribution is -2.22. The third-order valence-corrected chi connectivity index (χ3v) is 4.52. The molecule has 1 aromatic heterocycles. The maximum absolute atomic E-state index is 13.5. The van der Waals surface area contributed by atoms with E-state index < -0.39 is 0 Å². The van der Waals surface area contributed by atoms with Gasteiger partial charge in [-0.05, 0) is 47.6 Å². The predicted octanol–water partition coefficient (Wildman–Crippen LogP) is 4.82. The van der Waals surface area contributed by atoms with Crippen molar-refractivity contribution in [3.63, 3.8) is 0 Å². The van der Waals surface area contributed by atoms with Crippen LogP contribution in [0.1, 0.15) is 31.5 Å². The highest BCUT2D eigenvalue weighted by Gasteiger charge is 2.14. The lowest BCUT2D eigenvalue weighted by Gasteiger charge is -2.15. The van der Waals surface area contributed by atoms with Crippen LogP contribution in [0.2, 0.25) is 0 Å². The average molecular weight is 344 g/mol. The first-order chi connectivity index (χ1) is 12.7. The van der Waals surface area contributed by atoms with Crippen LogP contribution in [0, 0.1) is 0 Å². The van der Waals surface area contributed by atoms with Crippen molar-refractivity contribution >= 4 is 16.3 Å². The van der Waals surface area contributed by atoms with E-state index in [0.29, 0.717) is 5.39 Å². The summed E-state index contributed by atoms with van der Waals surface area (Å²) in [4.78, 5) is 13.5. The smallest absolute Gasteiger partial charge is 0.263 e. The SMILES string of the molecule is CC/C=C\C(=C/N)c1cccc2cc(CC)n(-c3ccccc3)c(=O)c12. The molecule has 0 fully saturated rings. The molecule has 0 bridgehead atoms. The van der Waals surface area contributed by atoms with E-state index in [-0.39, 0.29) is 5.56 Å². The van der Waals surface area contributed by atoms with Gasteiger partial charge in [-0.3, -0.25) is 9.36 Å². The van der Waals surface area contributed by atoms with Crippen molar-refractivity contribution in [1.82, 2.24) is 4.57 Å². The number of para-hydroxylation sites is 1. The molecule has 0 amide bonds. The number of allylic oxidation sites excluding steroid dienone is 3. The average Bonchev–Trinajstić information content (AvgIpc) is 2.68. The summed E-state index contributed by atoms with van der Waals surface area (Å²) in [7, 11) is 0. The number of aromatic nitrogens is 1. The van der Waals surface area contributed by atoms with Gasteiger partial charge in [-0.1, -0.05) is 62.4 Å². The van der Waals surface area contributed by atoms with Crippen molar-refractivity contribution in [2.24, 2.45) is 5.73 Å². The minimum absolute atomic E-state index is 0.00889. The van der Waals surface area contributed by atoms with E-state index in [0.717, 1.165) is 40.7 Å².